The summed E-state index contributed by atoms with van der Waals surface area (Å²) >= 11 is 0. The maximum Gasteiger partial charge on any atom is 0.153 e. The normalized spacial score (nSPS) is 18.2. The summed E-state index contributed by atoms with van der Waals surface area (Å²) in [5.41, 5.74) is 2.14. The molecule has 114 valence electrons. The zero-order chi connectivity index (χ0) is 15.0. The fraction of sp³-hybridized carbons (Fsp3) is 0.667. The molecule has 0 fully saturated rings. The van der Waals surface area contributed by atoms with Crippen LogP contribution in [0.3, 0.4) is 0 Å². The summed E-state index contributed by atoms with van der Waals surface area (Å²) in [6, 6.07) is 0.424. The Kier molecular flexibility index (Phi) is 3.80. The molecule has 0 saturated carbocycles. The predicted octanol–water partition coefficient (Wildman–Crippen LogP) is 2.11. The molecular weight excluding hydrogens is 266 g/mol. The van der Waals surface area contributed by atoms with Crippen molar-refractivity contribution < 1.29 is 4.52 Å². The summed E-state index contributed by atoms with van der Waals surface area (Å²) in [6.45, 7) is 9.90. The molecule has 2 aromatic heterocycles. The van der Waals surface area contributed by atoms with E-state index >= 15 is 0 Å². The third-order valence-corrected chi connectivity index (χ3v) is 4.14. The maximum absolute atomic E-state index is 5.20. The second-order valence-electron chi connectivity index (χ2n) is 6.14. The molecule has 0 unspecified atom stereocenters. The van der Waals surface area contributed by atoms with Crippen LogP contribution in [0.5, 0.6) is 0 Å². The van der Waals surface area contributed by atoms with Crippen LogP contribution >= 0.6 is 0 Å². The molecule has 1 aliphatic rings. The average molecular weight is 289 g/mol. The van der Waals surface area contributed by atoms with Crippen LogP contribution in [0.4, 0.5) is 0 Å². The van der Waals surface area contributed by atoms with Crippen LogP contribution in [-0.4, -0.2) is 26.0 Å². The third-order valence-electron chi connectivity index (χ3n) is 4.14. The first kappa shape index (κ1) is 14.3. The quantitative estimate of drug-likeness (QED) is 0.933. The van der Waals surface area contributed by atoms with Gasteiger partial charge in [0.2, 0.25) is 0 Å². The highest BCUT2D eigenvalue weighted by atomic mass is 16.5. The summed E-state index contributed by atoms with van der Waals surface area (Å²) in [7, 11) is 0. The van der Waals surface area contributed by atoms with Gasteiger partial charge < -0.3 is 9.84 Å². The van der Waals surface area contributed by atoms with Crippen molar-refractivity contribution in [3.05, 3.63) is 28.7 Å². The standard InChI is InChI=1S/C15H23N5O/c1-9(2)15-17-14-6-5-12(8-20(14)18-15)16-7-13-10(3)19-21-11(13)4/h9,12,16H,5-8H2,1-4H3/t12-/m1/s1. The Bertz CT molecular complexity index is 609. The molecule has 1 atom stereocenters. The molecule has 0 aliphatic carbocycles. The molecule has 2 aromatic rings. The molecule has 0 aromatic carbocycles. The minimum atomic E-state index is 0.386. The molecule has 0 amide bonds. The fourth-order valence-corrected chi connectivity index (χ4v) is 2.74. The number of nitrogens with one attached hydrogen (secondary N) is 1. The summed E-state index contributed by atoms with van der Waals surface area (Å²) in [6.07, 6.45) is 2.08. The second kappa shape index (κ2) is 5.60. The lowest BCUT2D eigenvalue weighted by molar-refractivity contribution is 0.355. The van der Waals surface area contributed by atoms with E-state index in [0.717, 1.165) is 49.0 Å². The van der Waals surface area contributed by atoms with Gasteiger partial charge in [-0.1, -0.05) is 19.0 Å². The van der Waals surface area contributed by atoms with Crippen LogP contribution in [0.15, 0.2) is 4.52 Å². The van der Waals surface area contributed by atoms with Crippen molar-refractivity contribution >= 4 is 0 Å². The van der Waals surface area contributed by atoms with E-state index in [9.17, 15) is 0 Å². The highest BCUT2D eigenvalue weighted by Crippen LogP contribution is 2.18. The number of hydrogen-bond acceptors (Lipinski definition) is 5. The molecule has 0 spiro atoms. The van der Waals surface area contributed by atoms with Gasteiger partial charge in [0, 0.05) is 30.5 Å². The van der Waals surface area contributed by atoms with Gasteiger partial charge in [0.15, 0.2) is 5.82 Å². The maximum atomic E-state index is 5.20. The summed E-state index contributed by atoms with van der Waals surface area (Å²) < 4.78 is 7.26. The molecule has 3 heterocycles. The lowest BCUT2D eigenvalue weighted by Gasteiger charge is -2.23. The molecular formula is C15H23N5O. The van der Waals surface area contributed by atoms with Gasteiger partial charge in [-0.15, -0.1) is 0 Å². The van der Waals surface area contributed by atoms with Crippen LogP contribution in [0.1, 0.15) is 54.9 Å². The Balaban J connectivity index is 1.64. The van der Waals surface area contributed by atoms with Gasteiger partial charge in [-0.05, 0) is 20.3 Å². The van der Waals surface area contributed by atoms with Crippen molar-refractivity contribution in [2.75, 3.05) is 0 Å². The smallest absolute Gasteiger partial charge is 0.153 e. The van der Waals surface area contributed by atoms with E-state index in [0.29, 0.717) is 12.0 Å². The number of nitrogens with zero attached hydrogens (tertiary/aromatic N) is 4. The topological polar surface area (TPSA) is 68.8 Å². The molecule has 3 rings (SSSR count). The van der Waals surface area contributed by atoms with Crippen molar-refractivity contribution in [2.45, 2.75) is 65.6 Å². The van der Waals surface area contributed by atoms with Crippen LogP contribution in [0.2, 0.25) is 0 Å². The fourth-order valence-electron chi connectivity index (χ4n) is 2.74. The van der Waals surface area contributed by atoms with Gasteiger partial charge in [0.1, 0.15) is 11.6 Å². The number of fused-ring (bicyclic) bond motifs is 1. The Morgan fingerprint density at radius 1 is 1.38 bits per heavy atom. The van der Waals surface area contributed by atoms with Crippen molar-refractivity contribution in [3.8, 4) is 0 Å². The first-order chi connectivity index (χ1) is 10.0. The molecule has 6 nitrogen and oxygen atoms in total. The van der Waals surface area contributed by atoms with Crippen molar-refractivity contribution in [1.29, 1.82) is 0 Å². The van der Waals surface area contributed by atoms with E-state index in [4.69, 9.17) is 4.52 Å². The Labute approximate surface area is 124 Å². The predicted molar refractivity (Wildman–Crippen MR) is 79.0 cm³/mol. The summed E-state index contributed by atoms with van der Waals surface area (Å²) in [5, 5.41) is 12.2. The van der Waals surface area contributed by atoms with Crippen LogP contribution in [0.25, 0.3) is 0 Å². The molecule has 0 saturated heterocycles. The van der Waals surface area contributed by atoms with E-state index < -0.39 is 0 Å². The van der Waals surface area contributed by atoms with Gasteiger partial charge in [-0.2, -0.15) is 5.10 Å². The number of aryl methyl sites for hydroxylation is 3. The molecule has 6 heteroatoms. The van der Waals surface area contributed by atoms with Gasteiger partial charge in [0.05, 0.1) is 12.2 Å². The molecule has 1 aliphatic heterocycles. The first-order valence-electron chi connectivity index (χ1n) is 7.63. The zero-order valence-electron chi connectivity index (χ0n) is 13.2. The van der Waals surface area contributed by atoms with Gasteiger partial charge in [-0.25, -0.2) is 9.67 Å². The lowest BCUT2D eigenvalue weighted by atomic mass is 10.1. The SMILES string of the molecule is Cc1noc(C)c1CN[C@@H]1CCc2nc(C(C)C)nn2C1. The number of rotatable bonds is 4. The van der Waals surface area contributed by atoms with Crippen molar-refractivity contribution in [2.24, 2.45) is 0 Å². The number of aromatic nitrogens is 4. The van der Waals surface area contributed by atoms with Crippen LogP contribution < -0.4 is 5.32 Å². The minimum absolute atomic E-state index is 0.386. The highest BCUT2D eigenvalue weighted by Gasteiger charge is 2.22. The highest BCUT2D eigenvalue weighted by molar-refractivity contribution is 5.20. The zero-order valence-corrected chi connectivity index (χ0v) is 13.2. The third kappa shape index (κ3) is 2.85. The monoisotopic (exact) mass is 289 g/mol. The van der Waals surface area contributed by atoms with Gasteiger partial charge >= 0.3 is 0 Å². The Morgan fingerprint density at radius 2 is 2.19 bits per heavy atom. The van der Waals surface area contributed by atoms with E-state index in [1.165, 1.54) is 5.56 Å². The average Bonchev–Trinajstić information content (AvgIpc) is 3.01. The van der Waals surface area contributed by atoms with E-state index in [1.807, 2.05) is 13.8 Å². The molecule has 0 radical (unpaired) electrons. The summed E-state index contributed by atoms with van der Waals surface area (Å²) in [5.74, 6) is 3.36. The van der Waals surface area contributed by atoms with Crippen molar-refractivity contribution in [1.82, 2.24) is 25.2 Å². The minimum Gasteiger partial charge on any atom is -0.361 e. The van der Waals surface area contributed by atoms with Gasteiger partial charge in [0.25, 0.3) is 0 Å². The Hall–Kier alpha value is -1.69. The first-order valence-corrected chi connectivity index (χ1v) is 7.63. The van der Waals surface area contributed by atoms with E-state index in [2.05, 4.69) is 39.1 Å². The van der Waals surface area contributed by atoms with Crippen LogP contribution in [-0.2, 0) is 19.5 Å². The molecule has 0 bridgehead atoms. The van der Waals surface area contributed by atoms with Crippen molar-refractivity contribution in [3.63, 3.8) is 0 Å². The largest absolute Gasteiger partial charge is 0.361 e. The summed E-state index contributed by atoms with van der Waals surface area (Å²) in [4.78, 5) is 4.62. The lowest BCUT2D eigenvalue weighted by Crippen LogP contribution is -2.37. The van der Waals surface area contributed by atoms with E-state index in [1.54, 1.807) is 0 Å². The van der Waals surface area contributed by atoms with E-state index in [-0.39, 0.29) is 0 Å². The number of hydrogen-bond donors (Lipinski definition) is 1. The van der Waals surface area contributed by atoms with Crippen LogP contribution in [0, 0.1) is 13.8 Å². The van der Waals surface area contributed by atoms with Gasteiger partial charge in [-0.3, -0.25) is 0 Å². The molecule has 1 N–H and O–H groups in total. The second-order valence-corrected chi connectivity index (χ2v) is 6.14. The molecule has 21 heavy (non-hydrogen) atoms. The Morgan fingerprint density at radius 3 is 2.86 bits per heavy atom.